The summed E-state index contributed by atoms with van der Waals surface area (Å²) in [6.45, 7) is 27.2. The molecule has 2 heteroatoms. The molecule has 0 aromatic rings. The molecule has 1 rings (SSSR count). The molecule has 0 fully saturated rings. The first kappa shape index (κ1) is 34.5. The van der Waals surface area contributed by atoms with Crippen molar-refractivity contribution in [3.8, 4) is 23.7 Å². The van der Waals surface area contributed by atoms with Crippen molar-refractivity contribution in [2.24, 2.45) is 0 Å². The summed E-state index contributed by atoms with van der Waals surface area (Å²) in [4.78, 5) is 2.57. The van der Waals surface area contributed by atoms with Crippen molar-refractivity contribution in [3.63, 3.8) is 0 Å². The monoisotopic (exact) mass is 463 g/mol. The highest BCUT2D eigenvalue weighted by Crippen LogP contribution is 2.22. The largest absolute Gasteiger partial charge is 0.496 e. The average Bonchev–Trinajstić information content (AvgIpc) is 3.14. The predicted molar refractivity (Wildman–Crippen MR) is 156 cm³/mol. The summed E-state index contributed by atoms with van der Waals surface area (Å²) in [7, 11) is 1.74. The van der Waals surface area contributed by atoms with E-state index in [9.17, 15) is 0 Å². The Balaban J connectivity index is -0.000000475. The van der Waals surface area contributed by atoms with Crippen molar-refractivity contribution in [1.82, 2.24) is 0 Å². The molecule has 0 aliphatic heterocycles. The van der Waals surface area contributed by atoms with Gasteiger partial charge in [-0.2, -0.15) is 0 Å². The standard InChI is InChI=1S/C14H15S.C13H18O.C2H6.C2H4/c1-4-10-13(5-2)15(3)14-11-8-6-7-9-12-14;1-6-8-9-12(7-2)13(14-5)10-11(3)4;2*1-2/h4-6,8,10-11H,1-2,12H2,3H3;7,10H,2,9H2,1,3-5H3;1-2H3;1-2H2/q+1;;;/b13-10+;13-12+;;. The molecule has 1 unspecified atom stereocenters. The SMILES string of the molecule is C=C.C=C/C(CC#CC)=C(/C=C(C)C)OC.C=C/C=C(\C=C)[S+](C)C1=CC=CC#CC1.CC. The zero-order valence-corrected chi connectivity index (χ0v) is 22.7. The third-order valence-corrected chi connectivity index (χ3v) is 5.79. The maximum absolute atomic E-state index is 5.28. The summed E-state index contributed by atoms with van der Waals surface area (Å²) in [5.74, 6) is 12.8. The second kappa shape index (κ2) is 25.2. The predicted octanol–water partition coefficient (Wildman–Crippen LogP) is 8.62. The lowest BCUT2D eigenvalue weighted by molar-refractivity contribution is 0.302. The molecule has 0 spiro atoms. The van der Waals surface area contributed by atoms with Gasteiger partial charge in [0.15, 0.2) is 4.91 Å². The molecule has 0 bridgehead atoms. The van der Waals surface area contributed by atoms with Gasteiger partial charge in [0.25, 0.3) is 0 Å². The Labute approximate surface area is 208 Å². The van der Waals surface area contributed by atoms with E-state index in [-0.39, 0.29) is 10.9 Å². The van der Waals surface area contributed by atoms with Gasteiger partial charge in [-0.1, -0.05) is 69.1 Å². The Kier molecular flexibility index (Phi) is 26.4. The van der Waals surface area contributed by atoms with E-state index in [1.54, 1.807) is 19.3 Å². The molecule has 0 radical (unpaired) electrons. The van der Waals surface area contributed by atoms with Crippen molar-refractivity contribution >= 4 is 10.9 Å². The van der Waals surface area contributed by atoms with E-state index in [0.29, 0.717) is 6.42 Å². The van der Waals surface area contributed by atoms with Crippen LogP contribution in [0.5, 0.6) is 0 Å². The van der Waals surface area contributed by atoms with Crippen molar-refractivity contribution < 1.29 is 4.74 Å². The summed E-state index contributed by atoms with van der Waals surface area (Å²) < 4.78 is 5.28. The molecule has 0 saturated carbocycles. The molecule has 1 atom stereocenters. The van der Waals surface area contributed by atoms with Gasteiger partial charge in [-0.25, -0.2) is 0 Å². The highest BCUT2D eigenvalue weighted by molar-refractivity contribution is 8.03. The van der Waals surface area contributed by atoms with Crippen LogP contribution in [0, 0.1) is 23.7 Å². The van der Waals surface area contributed by atoms with E-state index in [2.05, 4.69) is 68.9 Å². The summed E-state index contributed by atoms with van der Waals surface area (Å²) in [5, 5.41) is 0. The molecular weight excluding hydrogens is 420 g/mol. The van der Waals surface area contributed by atoms with E-state index in [1.807, 2.05) is 65.0 Å². The summed E-state index contributed by atoms with van der Waals surface area (Å²) in [6.07, 6.45) is 19.3. The number of hydrogen-bond donors (Lipinski definition) is 0. The third kappa shape index (κ3) is 17.2. The van der Waals surface area contributed by atoms with Crippen LogP contribution in [0.1, 0.15) is 47.5 Å². The van der Waals surface area contributed by atoms with Gasteiger partial charge < -0.3 is 4.74 Å². The maximum Gasteiger partial charge on any atom is 0.159 e. The van der Waals surface area contributed by atoms with Gasteiger partial charge >= 0.3 is 0 Å². The summed E-state index contributed by atoms with van der Waals surface area (Å²) >= 11 is 0. The van der Waals surface area contributed by atoms with Crippen molar-refractivity contribution in [3.05, 3.63) is 108 Å². The molecule has 0 aromatic heterocycles. The normalized spacial score (nSPS) is 12.5. The first-order valence-corrected chi connectivity index (χ1v) is 12.5. The second-order valence-electron chi connectivity index (χ2n) is 6.13. The molecule has 178 valence electrons. The fraction of sp³-hybridized carbons (Fsp3) is 0.290. The Hall–Kier alpha value is -3.07. The Morgan fingerprint density at radius 1 is 1.18 bits per heavy atom. The lowest BCUT2D eigenvalue weighted by Crippen LogP contribution is -2.04. The molecule has 0 heterocycles. The number of methoxy groups -OCH3 is 1. The van der Waals surface area contributed by atoms with Crippen LogP contribution in [0.2, 0.25) is 0 Å². The summed E-state index contributed by atoms with van der Waals surface area (Å²) in [5.41, 5.74) is 2.23. The Morgan fingerprint density at radius 2 is 1.82 bits per heavy atom. The third-order valence-electron chi connectivity index (χ3n) is 3.71. The first-order chi connectivity index (χ1) is 15.9. The average molecular weight is 464 g/mol. The summed E-state index contributed by atoms with van der Waals surface area (Å²) in [6, 6.07) is 0. The van der Waals surface area contributed by atoms with Crippen LogP contribution < -0.4 is 0 Å². The highest BCUT2D eigenvalue weighted by Gasteiger charge is 2.21. The topological polar surface area (TPSA) is 9.23 Å². The van der Waals surface area contributed by atoms with E-state index in [1.165, 1.54) is 15.4 Å². The van der Waals surface area contributed by atoms with E-state index in [4.69, 9.17) is 4.74 Å². The molecule has 0 amide bonds. The van der Waals surface area contributed by atoms with Crippen molar-refractivity contribution in [2.45, 2.75) is 47.5 Å². The minimum Gasteiger partial charge on any atom is -0.496 e. The van der Waals surface area contributed by atoms with Crippen LogP contribution in [0.4, 0.5) is 0 Å². The molecule has 0 N–H and O–H groups in total. The van der Waals surface area contributed by atoms with Crippen LogP contribution in [0.3, 0.4) is 0 Å². The second-order valence-corrected chi connectivity index (χ2v) is 8.15. The number of hydrogen-bond acceptors (Lipinski definition) is 1. The van der Waals surface area contributed by atoms with Crippen molar-refractivity contribution in [2.75, 3.05) is 13.4 Å². The molecule has 33 heavy (non-hydrogen) atoms. The van der Waals surface area contributed by atoms with Gasteiger partial charge in [-0.15, -0.1) is 19.1 Å². The smallest absolute Gasteiger partial charge is 0.159 e. The van der Waals surface area contributed by atoms with Crippen LogP contribution in [-0.2, 0) is 15.6 Å². The number of rotatable bonds is 8. The minimum absolute atomic E-state index is 0.0739. The Bertz CT molecular complexity index is 863. The fourth-order valence-corrected chi connectivity index (χ4v) is 3.65. The van der Waals surface area contributed by atoms with Gasteiger partial charge in [-0.3, -0.25) is 0 Å². The lowest BCUT2D eigenvalue weighted by Gasteiger charge is -2.05. The van der Waals surface area contributed by atoms with E-state index >= 15 is 0 Å². The first-order valence-electron chi connectivity index (χ1n) is 10.8. The van der Waals surface area contributed by atoms with Crippen LogP contribution in [-0.4, -0.2) is 13.4 Å². The molecule has 0 aromatic carbocycles. The Morgan fingerprint density at radius 3 is 2.27 bits per heavy atom. The van der Waals surface area contributed by atoms with Crippen LogP contribution in [0.25, 0.3) is 0 Å². The fourth-order valence-electron chi connectivity index (χ4n) is 2.22. The molecule has 1 aliphatic carbocycles. The molecule has 0 saturated heterocycles. The van der Waals surface area contributed by atoms with Crippen LogP contribution in [0.15, 0.2) is 108 Å². The van der Waals surface area contributed by atoms with Gasteiger partial charge in [0, 0.05) is 12.0 Å². The van der Waals surface area contributed by atoms with Crippen molar-refractivity contribution in [1.29, 1.82) is 0 Å². The molecular formula is C31H43OS+. The lowest BCUT2D eigenvalue weighted by atomic mass is 10.1. The molecule has 1 nitrogen and oxygen atoms in total. The zero-order chi connectivity index (χ0) is 26.1. The number of allylic oxidation sites excluding steroid dienone is 11. The van der Waals surface area contributed by atoms with Crippen LogP contribution >= 0.6 is 0 Å². The van der Waals surface area contributed by atoms with Gasteiger partial charge in [0.2, 0.25) is 0 Å². The van der Waals surface area contributed by atoms with E-state index < -0.39 is 0 Å². The van der Waals surface area contributed by atoms with Gasteiger partial charge in [0.05, 0.1) is 24.4 Å². The number of ether oxygens (including phenoxy) is 1. The zero-order valence-electron chi connectivity index (χ0n) is 21.9. The van der Waals surface area contributed by atoms with Gasteiger partial charge in [-0.05, 0) is 57.2 Å². The quantitative estimate of drug-likeness (QED) is 0.115. The van der Waals surface area contributed by atoms with Gasteiger partial charge in [0.1, 0.15) is 16.9 Å². The highest BCUT2D eigenvalue weighted by atomic mass is 32.2. The van der Waals surface area contributed by atoms with E-state index in [0.717, 1.165) is 17.8 Å². The minimum atomic E-state index is 0.0739. The molecule has 1 aliphatic rings. The maximum atomic E-state index is 5.28.